The van der Waals surface area contributed by atoms with E-state index < -0.39 is 83.9 Å². The van der Waals surface area contributed by atoms with Crippen molar-refractivity contribution in [2.75, 3.05) is 33.9 Å². The first-order valence-electron chi connectivity index (χ1n) is 21.9. The van der Waals surface area contributed by atoms with Crippen molar-refractivity contribution in [3.63, 3.8) is 0 Å². The molecule has 0 spiro atoms. The van der Waals surface area contributed by atoms with Crippen LogP contribution in [0.3, 0.4) is 0 Å². The Morgan fingerprint density at radius 1 is 1.17 bits per heavy atom. The second-order valence-corrected chi connectivity index (χ2v) is 19.4. The van der Waals surface area contributed by atoms with Gasteiger partial charge in [-0.05, 0) is 89.9 Å². The van der Waals surface area contributed by atoms with Crippen molar-refractivity contribution in [2.45, 2.75) is 141 Å². The summed E-state index contributed by atoms with van der Waals surface area (Å²) in [5, 5.41) is 31.7. The van der Waals surface area contributed by atoms with Gasteiger partial charge in [-0.2, -0.15) is 4.80 Å². The number of nitrogens with zero attached hydrogens (tertiary/aromatic N) is 5. The fourth-order valence-electron chi connectivity index (χ4n) is 9.93. The minimum atomic E-state index is -1.27. The predicted molar refractivity (Wildman–Crippen MR) is 232 cm³/mol. The molecule has 0 aliphatic carbocycles. The van der Waals surface area contributed by atoms with Crippen LogP contribution < -0.4 is 10.6 Å². The van der Waals surface area contributed by atoms with Crippen molar-refractivity contribution < 1.29 is 52.6 Å². The van der Waals surface area contributed by atoms with Gasteiger partial charge in [0.1, 0.15) is 18.8 Å². The Balaban J connectivity index is 1.35. The number of thiophene rings is 1. The van der Waals surface area contributed by atoms with Crippen LogP contribution in [0, 0.1) is 23.7 Å². The molecule has 350 valence electrons. The molecule has 4 fully saturated rings. The molecule has 4 aliphatic heterocycles. The molecule has 2 aromatic heterocycles. The topological polar surface area (TPSA) is 207 Å². The fourth-order valence-corrected chi connectivity index (χ4v) is 10.7. The highest BCUT2D eigenvalue weighted by atomic mass is 32.1. The molecule has 6 rings (SSSR count). The van der Waals surface area contributed by atoms with Gasteiger partial charge >= 0.3 is 18.2 Å². The molecule has 63 heavy (non-hydrogen) atoms. The summed E-state index contributed by atoms with van der Waals surface area (Å²) < 4.78 is 44.9. The van der Waals surface area contributed by atoms with Gasteiger partial charge in [0.2, 0.25) is 5.82 Å². The average Bonchev–Trinajstić information content (AvgIpc) is 3.97. The second-order valence-electron chi connectivity index (χ2n) is 18.4. The number of nitrogens with one attached hydrogen (secondary N) is 2. The van der Waals surface area contributed by atoms with Gasteiger partial charge in [0.25, 0.3) is 0 Å². The molecule has 6 heterocycles. The van der Waals surface area contributed by atoms with E-state index >= 15 is 0 Å². The Morgan fingerprint density at radius 2 is 1.92 bits per heavy atom. The summed E-state index contributed by atoms with van der Waals surface area (Å²) >= 11 is 1.45. The van der Waals surface area contributed by atoms with Gasteiger partial charge in [-0.3, -0.25) is 4.79 Å². The van der Waals surface area contributed by atoms with E-state index in [-0.39, 0.29) is 44.4 Å². The van der Waals surface area contributed by atoms with Crippen LogP contribution in [0.15, 0.2) is 35.2 Å². The molecule has 0 radical (unpaired) electrons. The summed E-state index contributed by atoms with van der Waals surface area (Å²) in [4.78, 5) is 45.0. The van der Waals surface area contributed by atoms with Crippen molar-refractivity contribution in [3.05, 3.63) is 40.1 Å². The lowest BCUT2D eigenvalue weighted by Gasteiger charge is -2.49. The maximum atomic E-state index is 14.4. The summed E-state index contributed by atoms with van der Waals surface area (Å²) in [6.45, 7) is 20.0. The third-order valence-corrected chi connectivity index (χ3v) is 14.2. The lowest BCUT2D eigenvalue weighted by molar-refractivity contribution is -0.302. The summed E-state index contributed by atoms with van der Waals surface area (Å²) in [6, 6.07) is 0.995. The SMILES string of the molecule is C=C1COC2[C@@H](C)C(=O)O[C@H](CC)[C@@]3(C)OC(=O)NC3[C@@H](C)/C(=C/COC(=O)NCc3cc(-c4nnn(C)n4)cs3)[C@H](C)C[C@@](C)(OC1)[C@H](OC1O[C@H](C)C[C@H](N(C)C)[C@H]1O)[C@H]2C. The number of likely N-dealkylation sites (N-methyl/N-ethyl adjacent to an activating group) is 1. The number of aliphatic hydroxyl groups excluding tert-OH is 1. The molecule has 3 N–H and O–H groups in total. The zero-order chi connectivity index (χ0) is 46.0. The van der Waals surface area contributed by atoms with Crippen molar-refractivity contribution in [1.29, 1.82) is 0 Å². The monoisotopic (exact) mass is 901 g/mol. The molecule has 2 amide bonds. The Labute approximate surface area is 374 Å². The standard InChI is InChI=1S/C44H67N7O11S/c1-13-33-44(9)36(46-42(55)62-44)26(5)31(14-15-56-41(54)45-19-30-17-29(22-63-30)38-47-49-51(12)48-38)24(3)18-43(8)37(61-40-34(52)32(50(10)11)16-25(4)59-40)27(6)35(28(7)39(53)60-33)57-20-23(2)21-58-43/h14,17,22,24-28,32-37,40,52H,2,13,15-16,18-21H2,1,3-12H3,(H,45,54)(H,46,55)/b31-14+/t24-,25-,26+,27+,28-,32+,33-,34-,35?,36?,37-,40?,43-,44-/m1/s1. The number of aryl methyl sites for hydroxylation is 1. The Hall–Kier alpha value is -3.98. The van der Waals surface area contributed by atoms with Crippen molar-refractivity contribution in [3.8, 4) is 11.4 Å². The number of tetrazole rings is 1. The molecule has 0 aromatic carbocycles. The zero-order valence-corrected chi connectivity index (χ0v) is 39.3. The van der Waals surface area contributed by atoms with Gasteiger partial charge in [-0.15, -0.1) is 21.5 Å². The van der Waals surface area contributed by atoms with Crippen molar-refractivity contribution >= 4 is 29.5 Å². The minimum Gasteiger partial charge on any atom is -0.458 e. The second kappa shape index (κ2) is 20.0. The predicted octanol–water partition coefficient (Wildman–Crippen LogP) is 4.77. The molecule has 4 aliphatic rings. The Morgan fingerprint density at radius 3 is 2.60 bits per heavy atom. The van der Waals surface area contributed by atoms with Gasteiger partial charge in [-0.25, -0.2) is 9.59 Å². The lowest BCUT2D eigenvalue weighted by Crippen LogP contribution is -2.60. The first-order chi connectivity index (χ1) is 29.7. The van der Waals surface area contributed by atoms with Crippen LogP contribution in [0.25, 0.3) is 11.4 Å². The average molecular weight is 902 g/mol. The normalized spacial score (nSPS) is 37.5. The lowest BCUT2D eigenvalue weighted by atomic mass is 9.71. The molecular weight excluding hydrogens is 835 g/mol. The largest absolute Gasteiger partial charge is 0.458 e. The van der Waals surface area contributed by atoms with Crippen LogP contribution in [-0.4, -0.2) is 142 Å². The number of rotatable bonds is 9. The summed E-state index contributed by atoms with van der Waals surface area (Å²) in [5.74, 6) is -2.08. The summed E-state index contributed by atoms with van der Waals surface area (Å²) in [5.41, 5.74) is -0.0726. The van der Waals surface area contributed by atoms with E-state index in [1.54, 1.807) is 20.9 Å². The number of esters is 1. The molecule has 4 saturated heterocycles. The number of alkyl carbamates (subject to hydrolysis) is 2. The van der Waals surface area contributed by atoms with Crippen LogP contribution in [0.4, 0.5) is 9.59 Å². The van der Waals surface area contributed by atoms with Crippen LogP contribution in [0.2, 0.25) is 0 Å². The number of aromatic nitrogens is 4. The number of carbonyl (C=O) groups is 3. The van der Waals surface area contributed by atoms with Gasteiger partial charge in [0, 0.05) is 33.7 Å². The number of hydrogen-bond donors (Lipinski definition) is 3. The highest BCUT2D eigenvalue weighted by molar-refractivity contribution is 7.10. The molecule has 14 atom stereocenters. The maximum absolute atomic E-state index is 14.4. The molecule has 19 heteroatoms. The number of fused-ring (bicyclic) bond motifs is 4. The number of ether oxygens (including phenoxy) is 7. The van der Waals surface area contributed by atoms with Crippen LogP contribution in [0.1, 0.15) is 79.5 Å². The van der Waals surface area contributed by atoms with Gasteiger partial charge in [0.05, 0.1) is 62.7 Å². The maximum Gasteiger partial charge on any atom is 0.408 e. The van der Waals surface area contributed by atoms with E-state index in [9.17, 15) is 19.5 Å². The minimum absolute atomic E-state index is 0.0937. The van der Waals surface area contributed by atoms with Crippen molar-refractivity contribution in [2.24, 2.45) is 30.7 Å². The molecular formula is C44H67N7O11S. The van der Waals surface area contributed by atoms with E-state index in [0.717, 1.165) is 16.0 Å². The van der Waals surface area contributed by atoms with Gasteiger partial charge < -0.3 is 53.8 Å². The Kier molecular flexibility index (Phi) is 15.4. The highest BCUT2D eigenvalue weighted by Gasteiger charge is 2.57. The van der Waals surface area contributed by atoms with Crippen LogP contribution in [-0.2, 0) is 51.5 Å². The molecule has 18 nitrogen and oxygen atoms in total. The molecule has 0 saturated carbocycles. The van der Waals surface area contributed by atoms with E-state index in [0.29, 0.717) is 30.7 Å². The zero-order valence-electron chi connectivity index (χ0n) is 38.5. The van der Waals surface area contributed by atoms with Crippen LogP contribution in [0.5, 0.6) is 0 Å². The van der Waals surface area contributed by atoms with E-state index in [1.165, 1.54) is 16.1 Å². The quantitative estimate of drug-likeness (QED) is 0.176. The molecule has 3 unspecified atom stereocenters. The number of aliphatic hydroxyl groups is 1. The number of cyclic esters (lactones) is 1. The molecule has 2 aromatic rings. The number of amides is 2. The fraction of sp³-hybridized carbons (Fsp3) is 0.727. The summed E-state index contributed by atoms with van der Waals surface area (Å²) in [7, 11) is 5.53. The first kappa shape index (κ1) is 48.5. The first-order valence-corrected chi connectivity index (χ1v) is 22.8. The third-order valence-electron chi connectivity index (χ3n) is 13.2. The third kappa shape index (κ3) is 10.8. The van der Waals surface area contributed by atoms with Crippen LogP contribution >= 0.6 is 11.3 Å². The smallest absolute Gasteiger partial charge is 0.408 e. The number of carbonyl (C=O) groups excluding carboxylic acids is 3. The van der Waals surface area contributed by atoms with Gasteiger partial charge in [-0.1, -0.05) is 39.8 Å². The van der Waals surface area contributed by atoms with Crippen molar-refractivity contribution in [1.82, 2.24) is 35.7 Å². The van der Waals surface area contributed by atoms with E-state index in [1.807, 2.05) is 71.1 Å². The van der Waals surface area contributed by atoms with E-state index in [4.69, 9.17) is 33.2 Å². The Bertz CT molecular complexity index is 1980. The van der Waals surface area contributed by atoms with Gasteiger partial charge in [0.15, 0.2) is 11.9 Å². The number of hydrogen-bond acceptors (Lipinski definition) is 16. The molecule has 2 bridgehead atoms. The summed E-state index contributed by atoms with van der Waals surface area (Å²) in [6.07, 6.45) is -2.70. The van der Waals surface area contributed by atoms with E-state index in [2.05, 4.69) is 39.5 Å². The highest BCUT2D eigenvalue weighted by Crippen LogP contribution is 2.44.